The molecule has 3 aliphatic rings. The number of ketones is 1. The van der Waals surface area contributed by atoms with Crippen molar-refractivity contribution in [2.24, 2.45) is 35.5 Å². The van der Waals surface area contributed by atoms with Gasteiger partial charge in [-0.1, -0.05) is 140 Å². The van der Waals surface area contributed by atoms with E-state index in [0.29, 0.717) is 23.3 Å². The summed E-state index contributed by atoms with van der Waals surface area (Å²) in [4.78, 5) is 55.2. The van der Waals surface area contributed by atoms with E-state index >= 15 is 0 Å². The number of nitrogens with zero attached hydrogens (tertiary/aromatic N) is 2. The minimum atomic E-state index is -1.16. The molecule has 3 aromatic rings. The number of ether oxygens (including phenoxy) is 2. The third-order valence-electron chi connectivity index (χ3n) is 14.4. The van der Waals surface area contributed by atoms with Crippen LogP contribution in [0.1, 0.15) is 180 Å². The minimum absolute atomic E-state index is 0. The van der Waals surface area contributed by atoms with Gasteiger partial charge in [0.25, 0.3) is 0 Å². The number of aromatic nitrogens is 3. The summed E-state index contributed by atoms with van der Waals surface area (Å²) in [5, 5.41) is 5.34. The number of nitrogens with one attached hydrogen (secondary N) is 2. The maximum Gasteiger partial charge on any atom is 2.00 e. The summed E-state index contributed by atoms with van der Waals surface area (Å²) in [6, 6.07) is 0. The molecule has 346 valence electrons. The average molecular weight is 896 g/mol. The van der Waals surface area contributed by atoms with Gasteiger partial charge in [-0.2, -0.15) is 0 Å². The van der Waals surface area contributed by atoms with Crippen molar-refractivity contribution in [2.75, 3.05) is 13.7 Å². The summed E-state index contributed by atoms with van der Waals surface area (Å²) in [7, 11) is 1.32. The molecule has 8 bridgehead atoms. The van der Waals surface area contributed by atoms with E-state index < -0.39 is 11.9 Å². The van der Waals surface area contributed by atoms with Crippen LogP contribution in [0.5, 0.6) is 0 Å². The molecule has 1 saturated heterocycles. The fraction of sp³-hybridized carbons (Fsp3) is 0.545. The number of H-pyrrole nitrogens is 1. The molecule has 1 aliphatic carbocycles. The molecule has 1 fully saturated rings. The van der Waals surface area contributed by atoms with Gasteiger partial charge in [0.2, 0.25) is 0 Å². The largest absolute Gasteiger partial charge is 2.00 e. The molecule has 2 N–H and O–H groups in total. The van der Waals surface area contributed by atoms with Crippen molar-refractivity contribution in [3.05, 3.63) is 96.5 Å². The van der Waals surface area contributed by atoms with Crippen LogP contribution < -0.4 is 26.0 Å². The first-order chi connectivity index (χ1) is 30.6. The van der Waals surface area contributed by atoms with E-state index in [1.807, 2.05) is 38.2 Å². The minimum Gasteiger partial charge on any atom is -0.657 e. The van der Waals surface area contributed by atoms with Gasteiger partial charge in [0, 0.05) is 46.5 Å². The molecule has 3 aromatic heterocycles. The molecule has 0 spiro atoms. The third kappa shape index (κ3) is 11.6. The Morgan fingerprint density at radius 2 is 1.55 bits per heavy atom. The first kappa shape index (κ1) is 51.7. The van der Waals surface area contributed by atoms with Crippen molar-refractivity contribution >= 4 is 70.7 Å². The molecule has 0 radical (unpaired) electrons. The van der Waals surface area contributed by atoms with Crippen molar-refractivity contribution < 1.29 is 23.9 Å². The summed E-state index contributed by atoms with van der Waals surface area (Å²) in [5.74, 6) is -0.381. The first-order valence-electron chi connectivity index (χ1n) is 24.1. The van der Waals surface area contributed by atoms with Gasteiger partial charge in [-0.15, -0.1) is 22.1 Å². The van der Waals surface area contributed by atoms with Gasteiger partial charge in [-0.25, -0.2) is 0 Å². The molecule has 6 rings (SSSR count). The molecule has 65 heavy (non-hydrogen) atoms. The van der Waals surface area contributed by atoms with Gasteiger partial charge >= 0.3 is 35.0 Å². The monoisotopic (exact) mass is 895 g/mol. The molecule has 9 nitrogen and oxygen atoms in total. The smallest absolute Gasteiger partial charge is 0.657 e. The molecule has 0 unspecified atom stereocenters. The average Bonchev–Trinajstić information content (AvgIpc) is 3.99. The van der Waals surface area contributed by atoms with E-state index in [2.05, 4.69) is 78.3 Å². The SMILES string of the molecule is C=Cc1c2[n-]c(c1C)/C=C1\N/C(=C3\c4[nH]c(c(C)c4C(=O)[C@@H]3C(=O)OC)/C=c3\[n-]/c(c(C)c3CC)=C\2)[C@@H](CCC(=O)OC/C=C(\C)CCC[C@H](C)CCC[C@H](C)CCCC(C)C)[C@@H]1C.[Mg+2]. The van der Waals surface area contributed by atoms with Crippen LogP contribution in [0.15, 0.2) is 29.6 Å². The van der Waals surface area contributed by atoms with Crippen molar-refractivity contribution in [1.82, 2.24) is 20.3 Å². The number of rotatable bonds is 20. The van der Waals surface area contributed by atoms with Crippen molar-refractivity contribution in [2.45, 2.75) is 146 Å². The van der Waals surface area contributed by atoms with Crippen LogP contribution in [0.25, 0.3) is 29.9 Å². The Bertz CT molecular complexity index is 2450. The predicted molar refractivity (Wildman–Crippen MR) is 265 cm³/mol. The Labute approximate surface area is 404 Å². The van der Waals surface area contributed by atoms with Crippen molar-refractivity contribution in [3.63, 3.8) is 0 Å². The Morgan fingerprint density at radius 1 is 0.877 bits per heavy atom. The molecule has 2 aliphatic heterocycles. The predicted octanol–water partition coefficient (Wildman–Crippen LogP) is 9.95. The normalized spacial score (nSPS) is 21.7. The summed E-state index contributed by atoms with van der Waals surface area (Å²) in [6.45, 7) is 26.2. The number of esters is 2. The van der Waals surface area contributed by atoms with Crippen LogP contribution in [0, 0.1) is 56.3 Å². The second-order valence-corrected chi connectivity index (χ2v) is 19.6. The Balaban J connectivity index is 0.00000793. The van der Waals surface area contributed by atoms with Crippen LogP contribution in [0.3, 0.4) is 0 Å². The van der Waals surface area contributed by atoms with E-state index in [1.54, 1.807) is 0 Å². The van der Waals surface area contributed by atoms with Crippen LogP contribution >= 0.6 is 0 Å². The van der Waals surface area contributed by atoms with Crippen LogP contribution in [-0.4, -0.2) is 59.5 Å². The maximum atomic E-state index is 14.4. The zero-order valence-electron chi connectivity index (χ0n) is 41.4. The fourth-order valence-corrected chi connectivity index (χ4v) is 10.3. The second-order valence-electron chi connectivity index (χ2n) is 19.6. The number of carbonyl (C=O) groups excluding carboxylic acids is 3. The summed E-state index contributed by atoms with van der Waals surface area (Å²) >= 11 is 0. The molecule has 0 aromatic carbocycles. The Morgan fingerprint density at radius 3 is 2.20 bits per heavy atom. The van der Waals surface area contributed by atoms with Crippen LogP contribution in [0.2, 0.25) is 0 Å². The number of hydrogen-bond acceptors (Lipinski definition) is 6. The van der Waals surface area contributed by atoms with Gasteiger partial charge in [0.05, 0.1) is 12.8 Å². The van der Waals surface area contributed by atoms with Crippen LogP contribution in [-0.2, 0) is 25.5 Å². The van der Waals surface area contributed by atoms with Crippen molar-refractivity contribution in [3.8, 4) is 0 Å². The number of carbonyl (C=O) groups is 3. The van der Waals surface area contributed by atoms with E-state index in [4.69, 9.17) is 19.4 Å². The topological polar surface area (TPSA) is 126 Å². The number of methoxy groups -OCH3 is 1. The number of aromatic amines is 1. The summed E-state index contributed by atoms with van der Waals surface area (Å²) < 4.78 is 11.1. The van der Waals surface area contributed by atoms with Gasteiger partial charge in [-0.3, -0.25) is 14.4 Å². The maximum absolute atomic E-state index is 14.4. The molecular formula is C55H74MgN4O5. The van der Waals surface area contributed by atoms with E-state index in [9.17, 15) is 14.4 Å². The second kappa shape index (κ2) is 22.9. The zero-order chi connectivity index (χ0) is 46.4. The van der Waals surface area contributed by atoms with Crippen molar-refractivity contribution in [1.29, 1.82) is 0 Å². The number of fused-ring (bicyclic) bond motifs is 7. The first-order valence-corrected chi connectivity index (χ1v) is 24.1. The number of hydrogen-bond donors (Lipinski definition) is 2. The third-order valence-corrected chi connectivity index (χ3v) is 14.4. The van der Waals surface area contributed by atoms with Crippen LogP contribution in [0.4, 0.5) is 0 Å². The van der Waals surface area contributed by atoms with Gasteiger partial charge in [0.1, 0.15) is 12.5 Å². The molecule has 10 heteroatoms. The number of Topliss-reactive ketones (excluding diaryl/α,β-unsaturated/α-hetero) is 1. The summed E-state index contributed by atoms with van der Waals surface area (Å²) in [6.07, 6.45) is 22.7. The van der Waals surface area contributed by atoms with E-state index in [1.165, 1.54) is 57.6 Å². The molecule has 5 heterocycles. The van der Waals surface area contributed by atoms with Gasteiger partial charge in [-0.05, 0) is 88.3 Å². The van der Waals surface area contributed by atoms with Gasteiger partial charge < -0.3 is 29.7 Å². The molecular weight excluding hydrogens is 821 g/mol. The summed E-state index contributed by atoms with van der Waals surface area (Å²) in [5.41, 5.74) is 11.7. The molecule has 0 amide bonds. The quantitative estimate of drug-likeness (QED) is 0.0497. The molecule has 0 saturated carbocycles. The Kier molecular flexibility index (Phi) is 18.3. The van der Waals surface area contributed by atoms with E-state index in [-0.39, 0.29) is 59.7 Å². The Hall–Kier alpha value is -4.28. The standard InChI is InChI=1S/C55H74N4O5.Mg/c1-13-39-35(8)42-28-44-37(10)41(24-25-48(60)64-27-26-34(7)23-17-22-33(6)21-16-20-32(5)19-15-18-31(3)4)52(58-44)50-51(55(62)63-12)54(61)49-38(11)45(59-53(49)50)30-47-40(14-2)36(9)43(57-47)29-46(39)56-42;/h13,26,28-33,37,41,51H,1,14-25,27H2,2-12H3,(H2,58,59,61);/q-2;+2/b34-26+,43-29-,44-28-,47-30-;/t32-,33-,37+,41+,51-;/m1./s1. The fourth-order valence-electron chi connectivity index (χ4n) is 10.3. The van der Waals surface area contributed by atoms with Gasteiger partial charge in [0.15, 0.2) is 5.78 Å². The molecule has 5 atom stereocenters. The van der Waals surface area contributed by atoms with E-state index in [0.717, 1.165) is 104 Å². The number of allylic oxidation sites excluding steroid dienone is 3. The zero-order valence-corrected chi connectivity index (χ0v) is 42.8.